The first-order valence-electron chi connectivity index (χ1n) is 22.8. The van der Waals surface area contributed by atoms with Gasteiger partial charge in [-0.05, 0) is 91.0 Å². The number of imidazole rings is 2. The summed E-state index contributed by atoms with van der Waals surface area (Å²) in [5.74, 6) is 1.79. The first kappa shape index (κ1) is 40.5. The molecule has 4 amide bonds. The third-order valence-corrected chi connectivity index (χ3v) is 14.1. The van der Waals surface area contributed by atoms with E-state index in [9.17, 15) is 24.3 Å². The van der Waals surface area contributed by atoms with Crippen LogP contribution < -0.4 is 10.6 Å². The van der Waals surface area contributed by atoms with Crippen LogP contribution in [-0.4, -0.2) is 77.0 Å². The lowest BCUT2D eigenvalue weighted by Gasteiger charge is -2.31. The van der Waals surface area contributed by atoms with Crippen LogP contribution in [0.25, 0.3) is 33.6 Å². The number of nitrogens with one attached hydrogen (secondary N) is 4. The number of aromatic amines is 2. The van der Waals surface area contributed by atoms with Gasteiger partial charge in [0.2, 0.25) is 0 Å². The standard InChI is InChI=1S/C51H50N8O6/c60-48(44(56-50(62)63)33-9-3-1-4-10-33)58-40-23-35(40)25-42(58)46-52-27-38(54-46)31-19-15-29(16-20-31)30-17-21-32(22-18-30)39-28-53-47(55-39)43-26-36-24-41(36)59(43)49(61)45(34-11-5-2-6-12-34)57-51(64)65-37-13-7-8-14-37/h1-6,9-12,15-22,27-28,35-37,40-45,56H,7-8,13-14,23-26H2,(H,52,54)(H,53,55)(H,57,64)(H,62,63)/t35-,36+,40-,41-,42+,43+,44-,45-/m1/s1. The molecule has 65 heavy (non-hydrogen) atoms. The number of piperidine rings is 2. The topological polar surface area (TPSA) is 186 Å². The minimum Gasteiger partial charge on any atom is -0.465 e. The van der Waals surface area contributed by atoms with Gasteiger partial charge >= 0.3 is 12.2 Å². The van der Waals surface area contributed by atoms with E-state index < -0.39 is 24.3 Å². The lowest BCUT2D eigenvalue weighted by Crippen LogP contribution is -2.44. The van der Waals surface area contributed by atoms with Crippen molar-refractivity contribution in [1.29, 1.82) is 0 Å². The smallest absolute Gasteiger partial charge is 0.408 e. The van der Waals surface area contributed by atoms with Gasteiger partial charge in [-0.2, -0.15) is 0 Å². The van der Waals surface area contributed by atoms with Gasteiger partial charge in [0.25, 0.3) is 11.8 Å². The molecule has 330 valence electrons. The number of H-pyrrole nitrogens is 2. The van der Waals surface area contributed by atoms with Gasteiger partial charge in [-0.1, -0.05) is 109 Å². The molecule has 5 fully saturated rings. The third kappa shape index (κ3) is 8.02. The number of hydrogen-bond acceptors (Lipinski definition) is 7. The lowest BCUT2D eigenvalue weighted by atomic mass is 10.0. The van der Waals surface area contributed by atoms with Crippen LogP contribution in [0.3, 0.4) is 0 Å². The van der Waals surface area contributed by atoms with E-state index in [1.807, 2.05) is 70.7 Å². The van der Waals surface area contributed by atoms with Crippen molar-refractivity contribution in [3.8, 4) is 33.6 Å². The predicted octanol–water partition coefficient (Wildman–Crippen LogP) is 8.88. The van der Waals surface area contributed by atoms with Crippen LogP contribution in [0.1, 0.15) is 98.3 Å². The fourth-order valence-corrected chi connectivity index (χ4v) is 10.6. The van der Waals surface area contributed by atoms with E-state index in [1.165, 1.54) is 0 Å². The highest BCUT2D eigenvalue weighted by Crippen LogP contribution is 2.55. The number of nitrogens with zero attached hydrogens (tertiary/aromatic N) is 4. The molecule has 0 unspecified atom stereocenters. The van der Waals surface area contributed by atoms with Gasteiger partial charge in [0.15, 0.2) is 0 Å². The van der Waals surface area contributed by atoms with E-state index in [2.05, 4.69) is 57.0 Å². The highest BCUT2D eigenvalue weighted by molar-refractivity contribution is 5.89. The number of rotatable bonds is 12. The first-order valence-corrected chi connectivity index (χ1v) is 22.8. The Labute approximate surface area is 375 Å². The molecule has 11 rings (SSSR count). The number of aromatic nitrogens is 4. The molecule has 3 aliphatic carbocycles. The summed E-state index contributed by atoms with van der Waals surface area (Å²) < 4.78 is 5.72. The molecule has 2 aliphatic heterocycles. The molecular weight excluding hydrogens is 821 g/mol. The summed E-state index contributed by atoms with van der Waals surface area (Å²) in [7, 11) is 0. The Morgan fingerprint density at radius 1 is 0.646 bits per heavy atom. The SMILES string of the molecule is O=C(O)N[C@@H](C(=O)N1[C@@H]2C[C@@H]2C[C@H]1c1nc(-c2ccc(-c3ccc(-c4cnc([C@@H]5C[C@@H]6C[C@H]6N5C(=O)[C@H](NC(=O)OC5CCCC5)c5ccccc5)[nH]4)cc3)cc2)c[nH]1)c1ccccc1. The largest absolute Gasteiger partial charge is 0.465 e. The monoisotopic (exact) mass is 870 g/mol. The van der Waals surface area contributed by atoms with Crippen molar-refractivity contribution in [1.82, 2.24) is 40.4 Å². The minimum atomic E-state index is -1.25. The van der Waals surface area contributed by atoms with E-state index in [4.69, 9.17) is 14.7 Å². The molecule has 14 heteroatoms. The van der Waals surface area contributed by atoms with Gasteiger partial charge in [-0.3, -0.25) is 9.59 Å². The first-order chi connectivity index (χ1) is 31.8. The van der Waals surface area contributed by atoms with Gasteiger partial charge in [-0.25, -0.2) is 19.6 Å². The van der Waals surface area contributed by atoms with Crippen LogP contribution in [0, 0.1) is 11.8 Å². The quantitative estimate of drug-likeness (QED) is 0.0807. The summed E-state index contributed by atoms with van der Waals surface area (Å²) >= 11 is 0. The Morgan fingerprint density at radius 2 is 1.17 bits per heavy atom. The zero-order chi connectivity index (χ0) is 44.2. The Hall–Kier alpha value is -7.22. The van der Waals surface area contributed by atoms with Crippen LogP contribution in [0.5, 0.6) is 0 Å². The summed E-state index contributed by atoms with van der Waals surface area (Å²) in [6, 6.07) is 32.7. The fraction of sp³-hybridized carbons (Fsp3) is 0.333. The van der Waals surface area contributed by atoms with Crippen molar-refractivity contribution in [3.05, 3.63) is 144 Å². The molecule has 0 bridgehead atoms. The van der Waals surface area contributed by atoms with Crippen molar-refractivity contribution in [2.75, 3.05) is 0 Å². The number of carbonyl (C=O) groups excluding carboxylic acids is 3. The number of carboxylic acid groups (broad SMARTS) is 1. The molecule has 4 aromatic carbocycles. The second kappa shape index (κ2) is 16.7. The number of carbonyl (C=O) groups is 4. The van der Waals surface area contributed by atoms with Crippen molar-refractivity contribution in [2.45, 2.75) is 93.7 Å². The second-order valence-corrected chi connectivity index (χ2v) is 18.2. The molecule has 5 N–H and O–H groups in total. The Kier molecular flexibility index (Phi) is 10.4. The molecule has 8 atom stereocenters. The van der Waals surface area contributed by atoms with Crippen LogP contribution in [0.4, 0.5) is 9.59 Å². The lowest BCUT2D eigenvalue weighted by molar-refractivity contribution is -0.136. The van der Waals surface area contributed by atoms with Crippen LogP contribution in [0.2, 0.25) is 0 Å². The van der Waals surface area contributed by atoms with E-state index in [1.54, 1.807) is 24.3 Å². The molecule has 2 aromatic heterocycles. The normalized spacial score (nSPS) is 23.9. The molecular formula is C51H50N8O6. The Bertz CT molecular complexity index is 2720. The molecule has 6 aromatic rings. The van der Waals surface area contributed by atoms with Gasteiger partial charge in [0.05, 0.1) is 29.7 Å². The maximum absolute atomic E-state index is 14.5. The van der Waals surface area contributed by atoms with Gasteiger partial charge in [0.1, 0.15) is 29.8 Å². The summed E-state index contributed by atoms with van der Waals surface area (Å²) in [4.78, 5) is 73.7. The third-order valence-electron chi connectivity index (χ3n) is 14.1. The molecule has 4 heterocycles. The summed E-state index contributed by atoms with van der Waals surface area (Å²) in [6.07, 6.45) is 9.01. The average Bonchev–Trinajstić information content (AvgIpc) is 3.78. The van der Waals surface area contributed by atoms with Crippen LogP contribution in [-0.2, 0) is 14.3 Å². The van der Waals surface area contributed by atoms with E-state index in [0.717, 1.165) is 96.4 Å². The minimum absolute atomic E-state index is 0.0734. The molecule has 0 radical (unpaired) electrons. The van der Waals surface area contributed by atoms with Crippen molar-refractivity contribution < 1.29 is 29.0 Å². The number of ether oxygens (including phenoxy) is 1. The summed E-state index contributed by atoms with van der Waals surface area (Å²) in [5.41, 5.74) is 6.94. The number of hydrogen-bond donors (Lipinski definition) is 5. The molecule has 3 saturated carbocycles. The number of likely N-dealkylation sites (tertiary alicyclic amines) is 2. The number of alkyl carbamates (subject to hydrolysis) is 1. The second-order valence-electron chi connectivity index (χ2n) is 18.2. The van der Waals surface area contributed by atoms with Crippen molar-refractivity contribution in [2.24, 2.45) is 11.8 Å². The molecule has 14 nitrogen and oxygen atoms in total. The summed E-state index contributed by atoms with van der Waals surface area (Å²) in [5, 5.41) is 15.0. The summed E-state index contributed by atoms with van der Waals surface area (Å²) in [6.45, 7) is 0. The fourth-order valence-electron chi connectivity index (χ4n) is 10.6. The van der Waals surface area contributed by atoms with Gasteiger partial charge < -0.3 is 40.2 Å². The molecule has 2 saturated heterocycles. The number of fused-ring (bicyclic) bond motifs is 2. The predicted molar refractivity (Wildman–Crippen MR) is 241 cm³/mol. The number of benzene rings is 4. The average molecular weight is 871 g/mol. The zero-order valence-electron chi connectivity index (χ0n) is 35.7. The van der Waals surface area contributed by atoms with Gasteiger partial charge in [0, 0.05) is 23.8 Å². The number of amides is 4. The zero-order valence-corrected chi connectivity index (χ0v) is 35.7. The molecule has 0 spiro atoms. The maximum atomic E-state index is 14.5. The van der Waals surface area contributed by atoms with Crippen LogP contribution in [0.15, 0.2) is 122 Å². The van der Waals surface area contributed by atoms with E-state index >= 15 is 0 Å². The Morgan fingerprint density at radius 3 is 1.74 bits per heavy atom. The molecule has 5 aliphatic rings. The van der Waals surface area contributed by atoms with Crippen LogP contribution >= 0.6 is 0 Å². The van der Waals surface area contributed by atoms with E-state index in [-0.39, 0.29) is 42.1 Å². The highest BCUT2D eigenvalue weighted by atomic mass is 16.6. The van der Waals surface area contributed by atoms with Gasteiger partial charge in [-0.15, -0.1) is 0 Å². The highest BCUT2D eigenvalue weighted by Gasteiger charge is 2.57. The van der Waals surface area contributed by atoms with Crippen molar-refractivity contribution in [3.63, 3.8) is 0 Å². The van der Waals surface area contributed by atoms with E-state index in [0.29, 0.717) is 23.2 Å². The Balaban J connectivity index is 0.760. The maximum Gasteiger partial charge on any atom is 0.408 e. The van der Waals surface area contributed by atoms with Crippen molar-refractivity contribution >= 4 is 24.0 Å².